The molecule has 1 atom stereocenters. The smallest absolute Gasteiger partial charge is 0.332 e. The number of carboxylic acids is 1. The molecule has 0 radical (unpaired) electrons. The van der Waals surface area contributed by atoms with Gasteiger partial charge in [0.05, 0.1) is 0 Å². The van der Waals surface area contributed by atoms with E-state index in [0.717, 1.165) is 11.1 Å². The molecule has 2 rings (SSSR count). The number of hydrogen-bond donors (Lipinski definition) is 3. The van der Waals surface area contributed by atoms with Gasteiger partial charge in [-0.25, -0.2) is 9.59 Å². The van der Waals surface area contributed by atoms with E-state index in [0.29, 0.717) is 13.1 Å². The quantitative estimate of drug-likeness (QED) is 0.740. The number of carbonyl (C=O) groups excluding carboxylic acids is 1. The van der Waals surface area contributed by atoms with E-state index in [-0.39, 0.29) is 19.0 Å². The van der Waals surface area contributed by atoms with Crippen molar-refractivity contribution < 1.29 is 19.8 Å². The zero-order valence-electron chi connectivity index (χ0n) is 10.4. The first-order valence-electron chi connectivity index (χ1n) is 6.08. The Balaban J connectivity index is 1.79. The average Bonchev–Trinajstić information content (AvgIpc) is 2.82. The molecule has 2 amide bonds. The van der Waals surface area contributed by atoms with Gasteiger partial charge >= 0.3 is 12.0 Å². The predicted octanol–water partition coefficient (Wildman–Crippen LogP) is 0.547. The lowest BCUT2D eigenvalue weighted by Crippen LogP contribution is -2.38. The second-order valence-corrected chi connectivity index (χ2v) is 4.50. The van der Waals surface area contributed by atoms with Gasteiger partial charge in [0.2, 0.25) is 0 Å². The molecule has 6 nitrogen and oxygen atoms in total. The number of hydrogen-bond acceptors (Lipinski definition) is 3. The molecule has 1 aromatic rings. The van der Waals surface area contributed by atoms with Crippen molar-refractivity contribution in [3.8, 4) is 0 Å². The Bertz CT molecular complexity index is 464. The first-order chi connectivity index (χ1) is 9.08. The minimum absolute atomic E-state index is 0.00185. The molecule has 0 saturated carbocycles. The summed E-state index contributed by atoms with van der Waals surface area (Å²) in [6, 6.07) is 7.59. The zero-order valence-corrected chi connectivity index (χ0v) is 10.4. The Morgan fingerprint density at radius 3 is 2.37 bits per heavy atom. The predicted molar refractivity (Wildman–Crippen MR) is 67.3 cm³/mol. The number of benzene rings is 1. The van der Waals surface area contributed by atoms with E-state index in [4.69, 9.17) is 10.2 Å². The molecular weight excluding hydrogens is 248 g/mol. The molecule has 0 spiro atoms. The number of aliphatic hydroxyl groups excluding tert-OH is 1. The fraction of sp³-hybridized carbons (Fsp3) is 0.385. The summed E-state index contributed by atoms with van der Waals surface area (Å²) in [6.45, 7) is 1.26. The third kappa shape index (κ3) is 3.23. The van der Waals surface area contributed by atoms with E-state index in [1.165, 1.54) is 0 Å². The number of aliphatic carboxylic acids is 1. The topological polar surface area (TPSA) is 89.9 Å². The Morgan fingerprint density at radius 2 is 1.84 bits per heavy atom. The molecule has 1 heterocycles. The first kappa shape index (κ1) is 13.4. The van der Waals surface area contributed by atoms with Gasteiger partial charge in [0.15, 0.2) is 6.10 Å². The molecule has 1 aliphatic heterocycles. The lowest BCUT2D eigenvalue weighted by Gasteiger charge is -2.16. The van der Waals surface area contributed by atoms with Crippen molar-refractivity contribution in [1.82, 2.24) is 10.2 Å². The fourth-order valence-corrected chi connectivity index (χ4v) is 2.03. The van der Waals surface area contributed by atoms with Crippen LogP contribution >= 0.6 is 0 Å². The van der Waals surface area contributed by atoms with Gasteiger partial charge in [-0.2, -0.15) is 0 Å². The molecule has 0 unspecified atom stereocenters. The van der Waals surface area contributed by atoms with Gasteiger partial charge in [0.1, 0.15) is 0 Å². The summed E-state index contributed by atoms with van der Waals surface area (Å²) in [5.41, 5.74) is 2.26. The summed E-state index contributed by atoms with van der Waals surface area (Å²) in [7, 11) is 0. The van der Waals surface area contributed by atoms with Crippen LogP contribution in [0.3, 0.4) is 0 Å². The monoisotopic (exact) mass is 264 g/mol. The second-order valence-electron chi connectivity index (χ2n) is 4.50. The van der Waals surface area contributed by atoms with Gasteiger partial charge in [-0.3, -0.25) is 0 Å². The summed E-state index contributed by atoms with van der Waals surface area (Å²) < 4.78 is 0. The normalized spacial score (nSPS) is 14.9. The Hall–Kier alpha value is -2.08. The van der Waals surface area contributed by atoms with E-state index >= 15 is 0 Å². The molecule has 0 aromatic heterocycles. The van der Waals surface area contributed by atoms with E-state index in [9.17, 15) is 9.59 Å². The lowest BCUT2D eigenvalue weighted by atomic mass is 10.1. The average molecular weight is 264 g/mol. The molecule has 0 saturated heterocycles. The maximum Gasteiger partial charge on any atom is 0.332 e. The molecule has 6 heteroatoms. The van der Waals surface area contributed by atoms with Crippen LogP contribution in [0.15, 0.2) is 24.3 Å². The van der Waals surface area contributed by atoms with Gasteiger partial charge in [-0.05, 0) is 11.1 Å². The first-order valence-corrected chi connectivity index (χ1v) is 6.08. The van der Waals surface area contributed by atoms with Crippen LogP contribution in [0.1, 0.15) is 17.5 Å². The van der Waals surface area contributed by atoms with Gasteiger partial charge in [0, 0.05) is 26.1 Å². The Labute approximate surface area is 110 Å². The number of urea groups is 1. The van der Waals surface area contributed by atoms with Crippen LogP contribution in [-0.4, -0.2) is 39.8 Å². The summed E-state index contributed by atoms with van der Waals surface area (Å²) in [5, 5.41) is 20.2. The highest BCUT2D eigenvalue weighted by atomic mass is 16.4. The fourth-order valence-electron chi connectivity index (χ4n) is 2.03. The van der Waals surface area contributed by atoms with Crippen LogP contribution in [-0.2, 0) is 17.9 Å². The minimum atomic E-state index is -1.43. The molecule has 102 valence electrons. The van der Waals surface area contributed by atoms with Crippen molar-refractivity contribution in [1.29, 1.82) is 0 Å². The van der Waals surface area contributed by atoms with Crippen molar-refractivity contribution in [2.24, 2.45) is 0 Å². The van der Waals surface area contributed by atoms with E-state index < -0.39 is 12.1 Å². The lowest BCUT2D eigenvalue weighted by molar-refractivity contribution is -0.146. The molecular formula is C13H16N2O4. The van der Waals surface area contributed by atoms with Crippen molar-refractivity contribution in [2.75, 3.05) is 6.54 Å². The van der Waals surface area contributed by atoms with Gasteiger partial charge in [-0.1, -0.05) is 24.3 Å². The summed E-state index contributed by atoms with van der Waals surface area (Å²) in [4.78, 5) is 23.9. The maximum absolute atomic E-state index is 11.9. The van der Waals surface area contributed by atoms with E-state index in [1.54, 1.807) is 4.90 Å². The van der Waals surface area contributed by atoms with Crippen molar-refractivity contribution in [2.45, 2.75) is 25.6 Å². The highest BCUT2D eigenvalue weighted by molar-refractivity contribution is 5.75. The molecule has 0 bridgehead atoms. The molecule has 1 aliphatic rings. The number of carbonyl (C=O) groups is 2. The number of rotatable bonds is 4. The van der Waals surface area contributed by atoms with Crippen molar-refractivity contribution in [3.05, 3.63) is 35.4 Å². The zero-order chi connectivity index (χ0) is 13.8. The van der Waals surface area contributed by atoms with Gasteiger partial charge in [-0.15, -0.1) is 0 Å². The minimum Gasteiger partial charge on any atom is -0.479 e. The summed E-state index contributed by atoms with van der Waals surface area (Å²) in [5.74, 6) is -1.28. The maximum atomic E-state index is 11.9. The highest BCUT2D eigenvalue weighted by Crippen LogP contribution is 2.21. The number of fused-ring (bicyclic) bond motifs is 1. The van der Waals surface area contributed by atoms with Gasteiger partial charge in [0.25, 0.3) is 0 Å². The number of carboxylic acid groups (broad SMARTS) is 1. The number of nitrogens with zero attached hydrogens (tertiary/aromatic N) is 1. The Kier molecular flexibility index (Phi) is 4.01. The number of nitrogens with one attached hydrogen (secondary N) is 1. The number of aliphatic hydroxyl groups is 1. The van der Waals surface area contributed by atoms with Crippen molar-refractivity contribution in [3.63, 3.8) is 0 Å². The second kappa shape index (κ2) is 5.71. The van der Waals surface area contributed by atoms with Crippen LogP contribution in [0.4, 0.5) is 4.79 Å². The SMILES string of the molecule is O=C(O)[C@@H](O)CCNC(=O)N1Cc2ccccc2C1. The van der Waals surface area contributed by atoms with Gasteiger partial charge < -0.3 is 20.4 Å². The van der Waals surface area contributed by atoms with Crippen LogP contribution in [0.25, 0.3) is 0 Å². The van der Waals surface area contributed by atoms with Crippen LogP contribution in [0.5, 0.6) is 0 Å². The third-order valence-electron chi connectivity index (χ3n) is 3.11. The molecule has 3 N–H and O–H groups in total. The standard InChI is InChI=1S/C13H16N2O4/c16-11(12(17)18)5-6-14-13(19)15-7-9-3-1-2-4-10(9)8-15/h1-4,11,16H,5-8H2,(H,14,19)(H,17,18)/t11-/m0/s1. The third-order valence-corrected chi connectivity index (χ3v) is 3.11. The van der Waals surface area contributed by atoms with Crippen LogP contribution < -0.4 is 5.32 Å². The largest absolute Gasteiger partial charge is 0.479 e. The molecule has 0 aliphatic carbocycles. The van der Waals surface area contributed by atoms with E-state index in [1.807, 2.05) is 24.3 Å². The highest BCUT2D eigenvalue weighted by Gasteiger charge is 2.22. The molecule has 1 aromatic carbocycles. The van der Waals surface area contributed by atoms with E-state index in [2.05, 4.69) is 5.32 Å². The molecule has 19 heavy (non-hydrogen) atoms. The van der Waals surface area contributed by atoms with Crippen LogP contribution in [0, 0.1) is 0 Å². The Morgan fingerprint density at radius 1 is 1.26 bits per heavy atom. The van der Waals surface area contributed by atoms with Crippen LogP contribution in [0.2, 0.25) is 0 Å². The summed E-state index contributed by atoms with van der Waals surface area (Å²) >= 11 is 0. The summed E-state index contributed by atoms with van der Waals surface area (Å²) in [6.07, 6.45) is -1.43. The van der Waals surface area contributed by atoms with Crippen molar-refractivity contribution >= 4 is 12.0 Å². The molecule has 0 fully saturated rings. The number of amides is 2.